The topological polar surface area (TPSA) is 257 Å². The van der Waals surface area contributed by atoms with E-state index in [0.717, 1.165) is 6.26 Å². The minimum absolute atomic E-state index is 0.0329. The van der Waals surface area contributed by atoms with Gasteiger partial charge in [0.1, 0.15) is 23.1 Å². The van der Waals surface area contributed by atoms with Gasteiger partial charge in [0, 0.05) is 23.4 Å². The molecule has 48 heavy (non-hydrogen) atoms. The Morgan fingerprint density at radius 3 is 2.31 bits per heavy atom. The van der Waals surface area contributed by atoms with E-state index in [1.54, 1.807) is 13.0 Å². The van der Waals surface area contributed by atoms with Gasteiger partial charge in [-0.05, 0) is 56.8 Å². The van der Waals surface area contributed by atoms with Crippen LogP contribution in [0.25, 0.3) is 0 Å². The fraction of sp³-hybridized carbons (Fsp3) is 0.375. The van der Waals surface area contributed by atoms with Crippen molar-refractivity contribution in [3.63, 3.8) is 0 Å². The third-order valence-corrected chi connectivity index (χ3v) is 10.5. The Kier molecular flexibility index (Phi) is 8.45. The molecule has 3 aliphatic rings. The number of Topliss-reactive ketones (excluding diaryl/α,β-unsaturated/α-hetero) is 2. The maximum Gasteiger partial charge on any atom is 0.255 e. The van der Waals surface area contributed by atoms with Gasteiger partial charge in [0.05, 0.1) is 34.2 Å². The fourth-order valence-electron chi connectivity index (χ4n) is 7.10. The summed E-state index contributed by atoms with van der Waals surface area (Å²) in [7, 11) is -0.623. The van der Waals surface area contributed by atoms with Crippen LogP contribution in [0, 0.1) is 11.8 Å². The third-order valence-electron chi connectivity index (χ3n) is 9.43. The highest BCUT2D eigenvalue weighted by atomic mass is 32.2. The molecule has 0 radical (unpaired) electrons. The number of likely N-dealkylation sites (N-methyl/N-ethyl adjacent to an activating group) is 1. The number of carbonyl (C=O) groups is 4. The largest absolute Gasteiger partial charge is 0.510 e. The van der Waals surface area contributed by atoms with Crippen LogP contribution in [0.15, 0.2) is 64.0 Å². The van der Waals surface area contributed by atoms with Gasteiger partial charge in [-0.1, -0.05) is 19.1 Å². The zero-order chi connectivity index (χ0) is 35.8. The van der Waals surface area contributed by atoms with E-state index in [1.807, 2.05) is 0 Å². The number of phenolic OH excluding ortho intramolecular Hbond substituents is 1. The van der Waals surface area contributed by atoms with Crippen molar-refractivity contribution in [3.05, 3.63) is 70.2 Å². The molecule has 0 aliphatic heterocycles. The molecule has 2 aromatic carbocycles. The van der Waals surface area contributed by atoms with Gasteiger partial charge in [-0.15, -0.1) is 0 Å². The van der Waals surface area contributed by atoms with Crippen molar-refractivity contribution >= 4 is 44.6 Å². The lowest BCUT2D eigenvalue weighted by molar-refractivity contribution is -0.162. The van der Waals surface area contributed by atoms with E-state index in [9.17, 15) is 53.1 Å². The first-order valence-corrected chi connectivity index (χ1v) is 16.7. The van der Waals surface area contributed by atoms with E-state index >= 15 is 0 Å². The van der Waals surface area contributed by atoms with Gasteiger partial charge in [-0.25, -0.2) is 8.42 Å². The van der Waals surface area contributed by atoms with Crippen LogP contribution in [0.5, 0.6) is 5.75 Å². The number of sulfone groups is 1. The standard InChI is InChI=1S/C32H36N4O11S/c1-12-16-9-10-17(35-31(44)13(2)34-14-7-6-8-15(11-14)48(5,46)47)24(37)19(16)25(38)20-18(12)26(39)22-23(36(3)4)27(40)21(30(33)43)29(42)32(22,45)28(20)41/h6-13,18,22-23,26,34,37,39-41,45H,1-5H3,(H2,33,43)(H,35,44)/t12?,13?,18?,22?,23-,26?,32?/m0/s1. The summed E-state index contributed by atoms with van der Waals surface area (Å²) in [4.78, 5) is 54.3. The van der Waals surface area contributed by atoms with E-state index in [-0.39, 0.29) is 21.7 Å². The third kappa shape index (κ3) is 5.11. The number of hydrogen-bond donors (Lipinski definition) is 8. The lowest BCUT2D eigenvalue weighted by Crippen LogP contribution is -2.68. The number of primary amides is 1. The molecule has 0 heterocycles. The molecule has 2 aromatic rings. The van der Waals surface area contributed by atoms with Crippen molar-refractivity contribution < 1.29 is 53.1 Å². The van der Waals surface area contributed by atoms with Gasteiger partial charge in [-0.3, -0.25) is 24.1 Å². The van der Waals surface area contributed by atoms with Gasteiger partial charge in [-0.2, -0.15) is 0 Å². The van der Waals surface area contributed by atoms with E-state index < -0.39 is 103 Å². The average molecular weight is 685 g/mol. The molecule has 256 valence electrons. The van der Waals surface area contributed by atoms with Crippen LogP contribution in [0.3, 0.4) is 0 Å². The zero-order valence-electron chi connectivity index (χ0n) is 26.5. The molecule has 7 atom stereocenters. The van der Waals surface area contributed by atoms with E-state index in [4.69, 9.17) is 5.73 Å². The Morgan fingerprint density at radius 2 is 1.73 bits per heavy atom. The van der Waals surface area contributed by atoms with Gasteiger partial charge in [0.2, 0.25) is 11.7 Å². The Balaban J connectivity index is 1.54. The Labute approximate surface area is 275 Å². The number of nitrogens with zero attached hydrogens (tertiary/aromatic N) is 1. The van der Waals surface area contributed by atoms with Crippen molar-refractivity contribution in [3.8, 4) is 5.75 Å². The number of hydrogen-bond acceptors (Lipinski definition) is 13. The Bertz CT molecular complexity index is 1950. The highest BCUT2D eigenvalue weighted by molar-refractivity contribution is 7.90. The number of anilines is 2. The van der Waals surface area contributed by atoms with E-state index in [1.165, 1.54) is 56.3 Å². The number of nitrogens with one attached hydrogen (secondary N) is 2. The number of carbonyl (C=O) groups excluding carboxylic acids is 4. The molecule has 9 N–H and O–H groups in total. The number of phenols is 1. The summed E-state index contributed by atoms with van der Waals surface area (Å²) in [6.07, 6.45) is -0.697. The monoisotopic (exact) mass is 684 g/mol. The summed E-state index contributed by atoms with van der Waals surface area (Å²) in [6, 6.07) is 6.25. The summed E-state index contributed by atoms with van der Waals surface area (Å²) >= 11 is 0. The van der Waals surface area contributed by atoms with Crippen molar-refractivity contribution in [1.29, 1.82) is 0 Å². The summed E-state index contributed by atoms with van der Waals surface area (Å²) < 4.78 is 23.8. The molecular weight excluding hydrogens is 648 g/mol. The molecule has 5 rings (SSSR count). The number of aromatic hydroxyl groups is 1. The van der Waals surface area contributed by atoms with Gasteiger partial charge in [0.15, 0.2) is 27.0 Å². The molecule has 3 aliphatic carbocycles. The van der Waals surface area contributed by atoms with Crippen molar-refractivity contribution in [1.82, 2.24) is 4.90 Å². The number of amides is 2. The SMILES string of the molecule is CC(Nc1cccc(S(C)(=O)=O)c1)C(=O)Nc1ccc2c(c1O)C(=O)C1=C(O)C3(O)C(=O)C(C(N)=O)=C(O)[C@@H](N(C)C)C3C(O)C1C2C. The van der Waals surface area contributed by atoms with Crippen LogP contribution in [0.2, 0.25) is 0 Å². The first-order valence-electron chi connectivity index (χ1n) is 14.8. The smallest absolute Gasteiger partial charge is 0.255 e. The summed E-state index contributed by atoms with van der Waals surface area (Å²) in [5, 5.41) is 62.7. The van der Waals surface area contributed by atoms with Gasteiger partial charge in [0.25, 0.3) is 5.91 Å². The predicted molar refractivity (Wildman–Crippen MR) is 171 cm³/mol. The van der Waals surface area contributed by atoms with Crippen LogP contribution in [-0.2, 0) is 24.2 Å². The van der Waals surface area contributed by atoms with Crippen LogP contribution in [0.1, 0.15) is 35.7 Å². The van der Waals surface area contributed by atoms with E-state index in [2.05, 4.69) is 10.6 Å². The predicted octanol–water partition coefficient (Wildman–Crippen LogP) is 0.495. The highest BCUT2D eigenvalue weighted by Gasteiger charge is 2.67. The van der Waals surface area contributed by atoms with Crippen molar-refractivity contribution in [2.75, 3.05) is 31.0 Å². The minimum atomic E-state index is -3.51. The fourth-order valence-corrected chi connectivity index (χ4v) is 7.76. The molecule has 0 saturated carbocycles. The number of aliphatic hydroxyl groups is 4. The van der Waals surface area contributed by atoms with E-state index in [0.29, 0.717) is 5.69 Å². The molecule has 0 saturated heterocycles. The zero-order valence-corrected chi connectivity index (χ0v) is 27.4. The molecule has 0 aromatic heterocycles. The van der Waals surface area contributed by atoms with Gasteiger partial charge >= 0.3 is 0 Å². The summed E-state index contributed by atoms with van der Waals surface area (Å²) in [6.45, 7) is 3.07. The molecule has 15 nitrogen and oxygen atoms in total. The second-order valence-electron chi connectivity index (χ2n) is 12.6. The molecule has 2 amide bonds. The Hall–Kier alpha value is -4.77. The van der Waals surface area contributed by atoms with Crippen LogP contribution in [0.4, 0.5) is 11.4 Å². The van der Waals surface area contributed by atoms with Gasteiger partial charge < -0.3 is 41.9 Å². The molecule has 16 heteroatoms. The van der Waals surface area contributed by atoms with Crippen LogP contribution in [-0.4, -0.2) is 106 Å². The van der Waals surface area contributed by atoms with Crippen LogP contribution >= 0.6 is 0 Å². The normalized spacial score (nSPS) is 27.6. The number of rotatable bonds is 7. The first kappa shape index (κ1) is 34.6. The number of benzene rings is 2. The molecule has 0 spiro atoms. The maximum absolute atomic E-state index is 14.1. The molecule has 0 fully saturated rings. The molecule has 0 bridgehead atoms. The lowest BCUT2D eigenvalue weighted by Gasteiger charge is -2.53. The highest BCUT2D eigenvalue weighted by Crippen LogP contribution is 2.56. The Morgan fingerprint density at radius 1 is 1.08 bits per heavy atom. The summed E-state index contributed by atoms with van der Waals surface area (Å²) in [5.74, 6) is -11.0. The minimum Gasteiger partial charge on any atom is -0.510 e. The van der Waals surface area contributed by atoms with Crippen molar-refractivity contribution in [2.45, 2.75) is 48.4 Å². The number of aliphatic hydroxyl groups excluding tert-OH is 3. The quantitative estimate of drug-likeness (QED) is 0.146. The molecular formula is C32H36N4O11S. The second-order valence-corrected chi connectivity index (χ2v) is 14.6. The number of fused-ring (bicyclic) bond motifs is 3. The second kappa shape index (κ2) is 11.7. The first-order chi connectivity index (χ1) is 22.2. The number of nitrogens with two attached hydrogens (primary N) is 1. The molecule has 6 unspecified atom stereocenters. The number of ketones is 2. The maximum atomic E-state index is 14.1. The summed E-state index contributed by atoms with van der Waals surface area (Å²) in [5.41, 5.74) is 0.701. The van der Waals surface area contributed by atoms with Crippen LogP contribution < -0.4 is 16.4 Å². The lowest BCUT2D eigenvalue weighted by atomic mass is 9.55. The average Bonchev–Trinajstić information content (AvgIpc) is 2.99. The van der Waals surface area contributed by atoms with Crippen molar-refractivity contribution in [2.24, 2.45) is 17.6 Å².